The van der Waals surface area contributed by atoms with Gasteiger partial charge < -0.3 is 14.8 Å². The zero-order chi connectivity index (χ0) is 27.7. The van der Waals surface area contributed by atoms with E-state index in [0.29, 0.717) is 70.9 Å². The van der Waals surface area contributed by atoms with Crippen molar-refractivity contribution in [2.75, 3.05) is 58.3 Å². The maximum absolute atomic E-state index is 12.7. The van der Waals surface area contributed by atoms with Gasteiger partial charge >= 0.3 is 0 Å². The Hall–Kier alpha value is -2.51. The first-order valence-electron chi connectivity index (χ1n) is 13.4. The van der Waals surface area contributed by atoms with E-state index in [1.165, 1.54) is 20.7 Å². The SMILES string of the molecule is O=C(NCCOc1ccc(S(=O)(=O)N2CCOCC2)cc1)C1CCN(S(=O)(=O)CCCc2ccccc2)CC1. The molecule has 2 aliphatic heterocycles. The van der Waals surface area contributed by atoms with Crippen LogP contribution in [0.3, 0.4) is 0 Å². The molecule has 0 unspecified atom stereocenters. The summed E-state index contributed by atoms with van der Waals surface area (Å²) in [7, 11) is -6.90. The fourth-order valence-corrected chi connectivity index (χ4v) is 7.70. The largest absolute Gasteiger partial charge is 0.492 e. The molecule has 1 amide bonds. The van der Waals surface area contributed by atoms with Gasteiger partial charge in [0.2, 0.25) is 26.0 Å². The highest BCUT2D eigenvalue weighted by atomic mass is 32.2. The number of rotatable bonds is 12. The molecule has 1 N–H and O–H groups in total. The first-order valence-corrected chi connectivity index (χ1v) is 16.4. The maximum atomic E-state index is 12.7. The second-order valence-electron chi connectivity index (χ2n) is 9.71. The molecule has 0 radical (unpaired) electrons. The quantitative estimate of drug-likeness (QED) is 0.381. The van der Waals surface area contributed by atoms with Crippen LogP contribution in [0.1, 0.15) is 24.8 Å². The number of ether oxygens (including phenoxy) is 2. The van der Waals surface area contributed by atoms with Crippen molar-refractivity contribution in [2.45, 2.75) is 30.6 Å². The van der Waals surface area contributed by atoms with E-state index in [1.807, 2.05) is 30.3 Å². The van der Waals surface area contributed by atoms with Crippen LogP contribution in [0.5, 0.6) is 5.75 Å². The molecule has 4 rings (SSSR count). The Morgan fingerprint density at radius 3 is 2.23 bits per heavy atom. The summed E-state index contributed by atoms with van der Waals surface area (Å²) in [5.41, 5.74) is 1.13. The second kappa shape index (κ2) is 13.7. The number of nitrogens with one attached hydrogen (secondary N) is 1. The Morgan fingerprint density at radius 1 is 0.897 bits per heavy atom. The molecule has 0 aliphatic carbocycles. The number of hydrogen-bond acceptors (Lipinski definition) is 7. The maximum Gasteiger partial charge on any atom is 0.243 e. The number of nitrogens with zero attached hydrogens (tertiary/aromatic N) is 2. The molecule has 2 aliphatic rings. The van der Waals surface area contributed by atoms with E-state index in [4.69, 9.17) is 9.47 Å². The Bertz CT molecular complexity index is 1270. The van der Waals surface area contributed by atoms with E-state index in [0.717, 1.165) is 12.0 Å². The van der Waals surface area contributed by atoms with Crippen molar-refractivity contribution >= 4 is 26.0 Å². The van der Waals surface area contributed by atoms with E-state index >= 15 is 0 Å². The van der Waals surface area contributed by atoms with Crippen LogP contribution in [-0.2, 0) is 36.0 Å². The first kappa shape index (κ1) is 29.5. The van der Waals surface area contributed by atoms with E-state index < -0.39 is 20.0 Å². The highest BCUT2D eigenvalue weighted by Gasteiger charge is 2.31. The lowest BCUT2D eigenvalue weighted by Gasteiger charge is -2.30. The first-order chi connectivity index (χ1) is 18.8. The molecule has 0 spiro atoms. The summed E-state index contributed by atoms with van der Waals surface area (Å²) in [5, 5.41) is 2.86. The Morgan fingerprint density at radius 2 is 1.56 bits per heavy atom. The number of morpholine rings is 1. The molecule has 10 nitrogen and oxygen atoms in total. The lowest BCUT2D eigenvalue weighted by atomic mass is 9.97. The van der Waals surface area contributed by atoms with Gasteiger partial charge in [-0.25, -0.2) is 21.1 Å². The summed E-state index contributed by atoms with van der Waals surface area (Å²) >= 11 is 0. The Kier molecular flexibility index (Phi) is 10.4. The lowest BCUT2D eigenvalue weighted by Crippen LogP contribution is -2.44. The van der Waals surface area contributed by atoms with Gasteiger partial charge in [0.25, 0.3) is 0 Å². The van der Waals surface area contributed by atoms with Gasteiger partial charge in [-0.05, 0) is 55.5 Å². The highest BCUT2D eigenvalue weighted by molar-refractivity contribution is 7.89. The number of piperidine rings is 1. The fraction of sp³-hybridized carbons (Fsp3) is 0.519. The number of sulfonamides is 2. The zero-order valence-corrected chi connectivity index (χ0v) is 23.7. The number of benzene rings is 2. The van der Waals surface area contributed by atoms with Crippen LogP contribution in [0.4, 0.5) is 0 Å². The molecule has 0 atom stereocenters. The normalized spacial score (nSPS) is 18.1. The van der Waals surface area contributed by atoms with Crippen LogP contribution in [0.15, 0.2) is 59.5 Å². The number of carbonyl (C=O) groups excluding carboxylic acids is 1. The van der Waals surface area contributed by atoms with Crippen molar-refractivity contribution in [1.82, 2.24) is 13.9 Å². The van der Waals surface area contributed by atoms with E-state index in [2.05, 4.69) is 5.32 Å². The molecule has 0 saturated carbocycles. The van der Waals surface area contributed by atoms with Gasteiger partial charge in [-0.1, -0.05) is 30.3 Å². The minimum absolute atomic E-state index is 0.105. The number of hydrogen-bond donors (Lipinski definition) is 1. The third kappa shape index (κ3) is 8.24. The van der Waals surface area contributed by atoms with Gasteiger partial charge in [0.05, 0.1) is 30.4 Å². The molecule has 214 valence electrons. The molecule has 2 saturated heterocycles. The topological polar surface area (TPSA) is 122 Å². The molecule has 2 heterocycles. The summed E-state index contributed by atoms with van der Waals surface area (Å²) < 4.78 is 64.7. The second-order valence-corrected chi connectivity index (χ2v) is 13.7. The van der Waals surface area contributed by atoms with Gasteiger partial charge in [-0.2, -0.15) is 4.31 Å². The van der Waals surface area contributed by atoms with E-state index in [1.54, 1.807) is 12.1 Å². The monoisotopic (exact) mass is 579 g/mol. The van der Waals surface area contributed by atoms with E-state index in [-0.39, 0.29) is 29.1 Å². The lowest BCUT2D eigenvalue weighted by molar-refractivity contribution is -0.126. The minimum atomic E-state index is -3.56. The average Bonchev–Trinajstić information content (AvgIpc) is 2.96. The van der Waals surface area contributed by atoms with Crippen LogP contribution in [0, 0.1) is 5.92 Å². The molecule has 39 heavy (non-hydrogen) atoms. The molecule has 2 aromatic carbocycles. The Labute approximate surface area is 231 Å². The predicted octanol–water partition coefficient (Wildman–Crippen LogP) is 1.88. The van der Waals surface area contributed by atoms with Crippen molar-refractivity contribution in [1.29, 1.82) is 0 Å². The zero-order valence-electron chi connectivity index (χ0n) is 22.0. The van der Waals surface area contributed by atoms with Crippen molar-refractivity contribution in [3.05, 3.63) is 60.2 Å². The number of aryl methyl sites for hydroxylation is 1. The van der Waals surface area contributed by atoms with Crippen molar-refractivity contribution < 1.29 is 31.1 Å². The third-order valence-electron chi connectivity index (χ3n) is 7.03. The highest BCUT2D eigenvalue weighted by Crippen LogP contribution is 2.22. The summed E-state index contributed by atoms with van der Waals surface area (Å²) in [5.74, 6) is 0.282. The average molecular weight is 580 g/mol. The van der Waals surface area contributed by atoms with Crippen molar-refractivity contribution in [3.63, 3.8) is 0 Å². The summed E-state index contributed by atoms with van der Waals surface area (Å²) in [6.45, 7) is 2.68. The van der Waals surface area contributed by atoms with Crippen molar-refractivity contribution in [2.24, 2.45) is 5.92 Å². The fourth-order valence-electron chi connectivity index (χ4n) is 4.76. The molecular weight excluding hydrogens is 542 g/mol. The van der Waals surface area contributed by atoms with Crippen LogP contribution in [0.25, 0.3) is 0 Å². The van der Waals surface area contributed by atoms with Crippen LogP contribution >= 0.6 is 0 Å². The van der Waals surface area contributed by atoms with Gasteiger partial charge in [0.15, 0.2) is 0 Å². The number of amides is 1. The predicted molar refractivity (Wildman–Crippen MR) is 147 cm³/mol. The van der Waals surface area contributed by atoms with E-state index in [9.17, 15) is 21.6 Å². The van der Waals surface area contributed by atoms with Crippen molar-refractivity contribution in [3.8, 4) is 5.75 Å². The molecule has 2 aromatic rings. The summed E-state index contributed by atoms with van der Waals surface area (Å²) in [4.78, 5) is 12.8. The van der Waals surface area contributed by atoms with Crippen LogP contribution < -0.4 is 10.1 Å². The standard InChI is InChI=1S/C27H37N3O7S2/c31-27(24-12-15-29(16-13-24)38(32,33)22-4-7-23-5-2-1-3-6-23)28-14-19-37-25-8-10-26(11-9-25)39(34,35)30-17-20-36-21-18-30/h1-3,5-6,8-11,24H,4,7,12-22H2,(H,28,31). The molecule has 12 heteroatoms. The summed E-state index contributed by atoms with van der Waals surface area (Å²) in [6, 6.07) is 16.1. The van der Waals surface area contributed by atoms with Crippen LogP contribution in [0.2, 0.25) is 0 Å². The summed E-state index contributed by atoms with van der Waals surface area (Å²) in [6.07, 6.45) is 2.27. The van der Waals surface area contributed by atoms with Gasteiger partial charge in [-0.3, -0.25) is 4.79 Å². The molecule has 0 bridgehead atoms. The third-order valence-corrected chi connectivity index (χ3v) is 10.9. The molecular formula is C27H37N3O7S2. The smallest absolute Gasteiger partial charge is 0.243 e. The number of carbonyl (C=O) groups is 1. The van der Waals surface area contributed by atoms with Crippen LogP contribution in [-0.4, -0.2) is 89.7 Å². The molecule has 0 aromatic heterocycles. The van der Waals surface area contributed by atoms with Gasteiger partial charge in [0, 0.05) is 32.1 Å². The minimum Gasteiger partial charge on any atom is -0.492 e. The van der Waals surface area contributed by atoms with Gasteiger partial charge in [0.1, 0.15) is 12.4 Å². The molecule has 2 fully saturated rings. The van der Waals surface area contributed by atoms with Gasteiger partial charge in [-0.15, -0.1) is 0 Å². The Balaban J connectivity index is 1.14.